The van der Waals surface area contributed by atoms with Crippen molar-refractivity contribution < 1.29 is 4.74 Å². The minimum Gasteiger partial charge on any atom is -0.370 e. The van der Waals surface area contributed by atoms with E-state index >= 15 is 0 Å². The molecule has 5 nitrogen and oxygen atoms in total. The van der Waals surface area contributed by atoms with E-state index < -0.39 is 0 Å². The SMILES string of the molecule is CCc1nc2sc3c(c2c2nnc(Cc4ccccc4)n12)CC(C)(C)OC3. The lowest BCUT2D eigenvalue weighted by Crippen LogP contribution is -2.31. The van der Waals surface area contributed by atoms with Crippen molar-refractivity contribution in [1.82, 2.24) is 19.6 Å². The predicted octanol–water partition coefficient (Wildman–Crippen LogP) is 4.34. The van der Waals surface area contributed by atoms with Gasteiger partial charge >= 0.3 is 0 Å². The van der Waals surface area contributed by atoms with E-state index in [-0.39, 0.29) is 5.60 Å². The maximum absolute atomic E-state index is 6.01. The van der Waals surface area contributed by atoms with Gasteiger partial charge in [0.25, 0.3) is 0 Å². The summed E-state index contributed by atoms with van der Waals surface area (Å²) in [6, 6.07) is 10.4. The van der Waals surface area contributed by atoms with E-state index in [1.54, 1.807) is 11.3 Å². The highest BCUT2D eigenvalue weighted by Gasteiger charge is 2.31. The normalized spacial score (nSPS) is 16.1. The maximum Gasteiger partial charge on any atom is 0.172 e. The summed E-state index contributed by atoms with van der Waals surface area (Å²) in [7, 11) is 0. The second-order valence-corrected chi connectivity index (χ2v) is 8.81. The van der Waals surface area contributed by atoms with Gasteiger partial charge in [0, 0.05) is 24.1 Å². The van der Waals surface area contributed by atoms with Crippen LogP contribution in [0.25, 0.3) is 15.9 Å². The molecule has 3 aromatic heterocycles. The molecule has 4 heterocycles. The number of fused-ring (bicyclic) bond motifs is 5. The zero-order chi connectivity index (χ0) is 18.6. The summed E-state index contributed by atoms with van der Waals surface area (Å²) in [5, 5.41) is 10.3. The fourth-order valence-electron chi connectivity index (χ4n) is 3.90. The predicted molar refractivity (Wildman–Crippen MR) is 107 cm³/mol. The Morgan fingerprint density at radius 1 is 1.15 bits per heavy atom. The number of hydrogen-bond acceptors (Lipinski definition) is 5. The summed E-state index contributed by atoms with van der Waals surface area (Å²) in [4.78, 5) is 7.33. The van der Waals surface area contributed by atoms with Crippen LogP contribution in [0, 0.1) is 0 Å². The fraction of sp³-hybridized carbons (Fsp3) is 0.381. The van der Waals surface area contributed by atoms with Gasteiger partial charge in [-0.2, -0.15) is 0 Å². The molecule has 0 spiro atoms. The highest BCUT2D eigenvalue weighted by Crippen LogP contribution is 2.40. The molecule has 0 fully saturated rings. The summed E-state index contributed by atoms with van der Waals surface area (Å²) in [6.45, 7) is 7.09. The highest BCUT2D eigenvalue weighted by molar-refractivity contribution is 7.19. The summed E-state index contributed by atoms with van der Waals surface area (Å²) in [5.74, 6) is 1.97. The van der Waals surface area contributed by atoms with Crippen molar-refractivity contribution in [2.75, 3.05) is 0 Å². The van der Waals surface area contributed by atoms with Crippen molar-refractivity contribution in [2.45, 2.75) is 52.2 Å². The Labute approximate surface area is 162 Å². The maximum atomic E-state index is 6.01. The van der Waals surface area contributed by atoms with Crippen molar-refractivity contribution in [1.29, 1.82) is 0 Å². The highest BCUT2D eigenvalue weighted by atomic mass is 32.1. The first kappa shape index (κ1) is 16.8. The minimum atomic E-state index is -0.158. The number of ether oxygens (including phenoxy) is 1. The van der Waals surface area contributed by atoms with Crippen molar-refractivity contribution in [3.05, 3.63) is 58.0 Å². The van der Waals surface area contributed by atoms with E-state index in [9.17, 15) is 0 Å². The Hall–Kier alpha value is -2.31. The van der Waals surface area contributed by atoms with Crippen LogP contribution in [0.1, 0.15) is 48.4 Å². The number of aryl methyl sites for hydroxylation is 1. The molecule has 0 amide bonds. The van der Waals surface area contributed by atoms with E-state index in [1.165, 1.54) is 16.0 Å². The zero-order valence-corrected chi connectivity index (χ0v) is 16.6. The van der Waals surface area contributed by atoms with Crippen LogP contribution in [0.5, 0.6) is 0 Å². The van der Waals surface area contributed by atoms with Gasteiger partial charge in [-0.05, 0) is 25.0 Å². The minimum absolute atomic E-state index is 0.158. The molecule has 6 heteroatoms. The van der Waals surface area contributed by atoms with Gasteiger partial charge in [0.1, 0.15) is 16.5 Å². The van der Waals surface area contributed by atoms with Crippen LogP contribution in [-0.4, -0.2) is 25.2 Å². The van der Waals surface area contributed by atoms with Crippen molar-refractivity contribution in [2.24, 2.45) is 0 Å². The third-order valence-electron chi connectivity index (χ3n) is 5.23. The Balaban J connectivity index is 1.74. The van der Waals surface area contributed by atoms with Gasteiger partial charge in [-0.15, -0.1) is 21.5 Å². The van der Waals surface area contributed by atoms with Crippen molar-refractivity contribution in [3.8, 4) is 0 Å². The van der Waals surface area contributed by atoms with E-state index in [1.807, 2.05) is 6.07 Å². The van der Waals surface area contributed by atoms with Crippen LogP contribution in [-0.2, 0) is 30.6 Å². The number of nitrogens with zero attached hydrogens (tertiary/aromatic N) is 4. The number of benzene rings is 1. The first-order valence-electron chi connectivity index (χ1n) is 9.41. The second kappa shape index (κ2) is 6.11. The molecule has 0 bridgehead atoms. The summed E-state index contributed by atoms with van der Waals surface area (Å²) >= 11 is 1.74. The third kappa shape index (κ3) is 2.75. The van der Waals surface area contributed by atoms with Gasteiger partial charge in [0.05, 0.1) is 17.6 Å². The van der Waals surface area contributed by atoms with Crippen LogP contribution in [0.4, 0.5) is 0 Å². The lowest BCUT2D eigenvalue weighted by Gasteiger charge is -2.30. The molecule has 1 aliphatic heterocycles. The van der Waals surface area contributed by atoms with Crippen LogP contribution >= 0.6 is 11.3 Å². The number of hydrogen-bond donors (Lipinski definition) is 0. The van der Waals surface area contributed by atoms with Gasteiger partial charge < -0.3 is 4.74 Å². The number of aromatic nitrogens is 4. The van der Waals surface area contributed by atoms with E-state index in [0.717, 1.165) is 46.8 Å². The van der Waals surface area contributed by atoms with Crippen molar-refractivity contribution in [3.63, 3.8) is 0 Å². The molecule has 1 aliphatic rings. The van der Waals surface area contributed by atoms with E-state index in [2.05, 4.69) is 59.6 Å². The largest absolute Gasteiger partial charge is 0.370 e. The lowest BCUT2D eigenvalue weighted by molar-refractivity contribution is -0.0379. The molecule has 0 atom stereocenters. The first-order chi connectivity index (χ1) is 13.1. The van der Waals surface area contributed by atoms with Crippen LogP contribution in [0.3, 0.4) is 0 Å². The molecule has 0 N–H and O–H groups in total. The van der Waals surface area contributed by atoms with Gasteiger partial charge in [0.2, 0.25) is 0 Å². The molecule has 0 saturated heterocycles. The van der Waals surface area contributed by atoms with Crippen LogP contribution in [0.15, 0.2) is 30.3 Å². The molecular formula is C21H22N4OS. The molecule has 0 unspecified atom stereocenters. The molecule has 0 aliphatic carbocycles. The molecule has 5 rings (SSSR count). The van der Waals surface area contributed by atoms with Gasteiger partial charge in [-0.3, -0.25) is 4.40 Å². The Morgan fingerprint density at radius 2 is 1.96 bits per heavy atom. The third-order valence-corrected chi connectivity index (χ3v) is 6.33. The topological polar surface area (TPSA) is 52.3 Å². The standard InChI is InChI=1S/C21H22N4OS/c1-4-16-22-20-18(14-11-21(2,3)26-12-15(14)27-20)19-24-23-17(25(16)19)10-13-8-6-5-7-9-13/h5-9H,4,10-12H2,1-3H3. The average Bonchev–Trinajstić information content (AvgIpc) is 3.22. The number of rotatable bonds is 3. The van der Waals surface area contributed by atoms with Crippen LogP contribution in [0.2, 0.25) is 0 Å². The fourth-order valence-corrected chi connectivity index (χ4v) is 5.01. The molecule has 27 heavy (non-hydrogen) atoms. The molecule has 4 aromatic rings. The summed E-state index contributed by atoms with van der Waals surface area (Å²) in [5.41, 5.74) is 3.35. The quantitative estimate of drug-likeness (QED) is 0.532. The van der Waals surface area contributed by atoms with Gasteiger partial charge in [-0.1, -0.05) is 37.3 Å². The molecule has 1 aromatic carbocycles. The van der Waals surface area contributed by atoms with E-state index in [4.69, 9.17) is 9.72 Å². The molecule has 0 saturated carbocycles. The van der Waals surface area contributed by atoms with Gasteiger partial charge in [-0.25, -0.2) is 4.98 Å². The molecular weight excluding hydrogens is 356 g/mol. The van der Waals surface area contributed by atoms with Crippen molar-refractivity contribution >= 4 is 27.2 Å². The summed E-state index contributed by atoms with van der Waals surface area (Å²) < 4.78 is 8.19. The molecule has 138 valence electrons. The second-order valence-electron chi connectivity index (χ2n) is 7.73. The zero-order valence-electron chi connectivity index (χ0n) is 15.8. The Morgan fingerprint density at radius 3 is 2.74 bits per heavy atom. The molecule has 0 radical (unpaired) electrons. The summed E-state index contributed by atoms with van der Waals surface area (Å²) in [6.07, 6.45) is 2.48. The Bertz CT molecular complexity index is 1140. The van der Waals surface area contributed by atoms with Crippen LogP contribution < -0.4 is 0 Å². The smallest absolute Gasteiger partial charge is 0.172 e. The first-order valence-corrected chi connectivity index (χ1v) is 10.2. The lowest BCUT2D eigenvalue weighted by atomic mass is 9.94. The monoisotopic (exact) mass is 378 g/mol. The average molecular weight is 379 g/mol. The Kier molecular flexibility index (Phi) is 3.81. The van der Waals surface area contributed by atoms with Gasteiger partial charge in [0.15, 0.2) is 5.65 Å². The number of thiophene rings is 1. The van der Waals surface area contributed by atoms with E-state index in [0.29, 0.717) is 6.61 Å².